The van der Waals surface area contributed by atoms with Crippen LogP contribution in [0.2, 0.25) is 0 Å². The average molecular weight is 242 g/mol. The topological polar surface area (TPSA) is 15.3 Å². The Balaban J connectivity index is 1.78. The van der Waals surface area contributed by atoms with Crippen molar-refractivity contribution in [3.63, 3.8) is 0 Å². The molecular formula is C13H26N2S. The fourth-order valence-corrected chi connectivity index (χ4v) is 4.32. The standard InChI is InChI=1S/C13H26N2S/c1-11-13(7-5-9-16-11)15(2)10-12-6-3-4-8-14-12/h11-14H,3-10H2,1-2H3. The molecule has 2 nitrogen and oxygen atoms in total. The van der Waals surface area contributed by atoms with Crippen LogP contribution < -0.4 is 5.32 Å². The van der Waals surface area contributed by atoms with Crippen LogP contribution in [0.4, 0.5) is 0 Å². The highest BCUT2D eigenvalue weighted by Crippen LogP contribution is 2.28. The summed E-state index contributed by atoms with van der Waals surface area (Å²) in [5.74, 6) is 1.37. The molecule has 2 heterocycles. The zero-order valence-electron chi connectivity index (χ0n) is 10.7. The minimum Gasteiger partial charge on any atom is -0.313 e. The monoisotopic (exact) mass is 242 g/mol. The van der Waals surface area contributed by atoms with E-state index >= 15 is 0 Å². The summed E-state index contributed by atoms with van der Waals surface area (Å²) >= 11 is 2.15. The maximum absolute atomic E-state index is 3.66. The summed E-state index contributed by atoms with van der Waals surface area (Å²) in [5, 5.41) is 4.48. The number of thioether (sulfide) groups is 1. The van der Waals surface area contributed by atoms with E-state index in [1.54, 1.807) is 0 Å². The van der Waals surface area contributed by atoms with Crippen molar-refractivity contribution >= 4 is 11.8 Å². The molecule has 0 aliphatic carbocycles. The number of nitrogens with one attached hydrogen (secondary N) is 1. The molecule has 0 aromatic rings. The summed E-state index contributed by atoms with van der Waals surface area (Å²) < 4.78 is 0. The highest BCUT2D eigenvalue weighted by Gasteiger charge is 2.27. The molecule has 0 aromatic carbocycles. The Bertz CT molecular complexity index is 204. The number of likely N-dealkylation sites (N-methyl/N-ethyl adjacent to an activating group) is 1. The molecule has 0 radical (unpaired) electrons. The lowest BCUT2D eigenvalue weighted by Gasteiger charge is -2.38. The Hall–Kier alpha value is 0.270. The highest BCUT2D eigenvalue weighted by molar-refractivity contribution is 7.99. The summed E-state index contributed by atoms with van der Waals surface area (Å²) in [6.45, 7) is 4.88. The summed E-state index contributed by atoms with van der Waals surface area (Å²) in [5.41, 5.74) is 0. The van der Waals surface area contributed by atoms with Gasteiger partial charge in [-0.25, -0.2) is 0 Å². The fraction of sp³-hybridized carbons (Fsp3) is 1.00. The fourth-order valence-electron chi connectivity index (χ4n) is 3.05. The van der Waals surface area contributed by atoms with Crippen molar-refractivity contribution in [3.8, 4) is 0 Å². The molecule has 2 aliphatic heterocycles. The first kappa shape index (κ1) is 12.7. The summed E-state index contributed by atoms with van der Waals surface area (Å²) in [6.07, 6.45) is 6.97. The molecule has 2 fully saturated rings. The molecule has 0 spiro atoms. The smallest absolute Gasteiger partial charge is 0.0209 e. The van der Waals surface area contributed by atoms with E-state index in [2.05, 4.69) is 35.9 Å². The van der Waals surface area contributed by atoms with Gasteiger partial charge in [0.05, 0.1) is 0 Å². The van der Waals surface area contributed by atoms with Gasteiger partial charge in [0.1, 0.15) is 0 Å². The molecule has 2 rings (SSSR count). The quantitative estimate of drug-likeness (QED) is 0.818. The normalized spacial score (nSPS) is 36.6. The van der Waals surface area contributed by atoms with Gasteiger partial charge in [0, 0.05) is 23.9 Å². The first-order valence-corrected chi connectivity index (χ1v) is 7.87. The van der Waals surface area contributed by atoms with E-state index in [0.717, 1.165) is 17.3 Å². The molecule has 3 heteroatoms. The van der Waals surface area contributed by atoms with Crippen molar-refractivity contribution in [1.29, 1.82) is 0 Å². The lowest BCUT2D eigenvalue weighted by molar-refractivity contribution is 0.190. The van der Waals surface area contributed by atoms with Crippen molar-refractivity contribution in [1.82, 2.24) is 10.2 Å². The first-order valence-electron chi connectivity index (χ1n) is 6.82. The maximum Gasteiger partial charge on any atom is 0.0209 e. The van der Waals surface area contributed by atoms with E-state index < -0.39 is 0 Å². The van der Waals surface area contributed by atoms with Gasteiger partial charge in [0.25, 0.3) is 0 Å². The van der Waals surface area contributed by atoms with E-state index in [9.17, 15) is 0 Å². The molecule has 3 unspecified atom stereocenters. The largest absolute Gasteiger partial charge is 0.313 e. The Morgan fingerprint density at radius 3 is 2.81 bits per heavy atom. The molecule has 0 saturated carbocycles. The van der Waals surface area contributed by atoms with Crippen LogP contribution in [0.5, 0.6) is 0 Å². The van der Waals surface area contributed by atoms with E-state index in [0.29, 0.717) is 0 Å². The lowest BCUT2D eigenvalue weighted by atomic mass is 10.0. The van der Waals surface area contributed by atoms with E-state index in [4.69, 9.17) is 0 Å². The molecule has 94 valence electrons. The Kier molecular flexibility index (Phi) is 4.98. The molecule has 2 saturated heterocycles. The van der Waals surface area contributed by atoms with Gasteiger partial charge < -0.3 is 10.2 Å². The molecular weight excluding hydrogens is 216 g/mol. The number of hydrogen-bond donors (Lipinski definition) is 1. The van der Waals surface area contributed by atoms with Crippen molar-refractivity contribution < 1.29 is 0 Å². The third-order valence-electron chi connectivity index (χ3n) is 4.05. The number of piperidine rings is 1. The average Bonchev–Trinajstić information content (AvgIpc) is 2.31. The van der Waals surface area contributed by atoms with Gasteiger partial charge in [-0.3, -0.25) is 0 Å². The number of nitrogens with zero attached hydrogens (tertiary/aromatic N) is 1. The second kappa shape index (κ2) is 6.27. The van der Waals surface area contributed by atoms with Crippen LogP contribution in [0.25, 0.3) is 0 Å². The lowest BCUT2D eigenvalue weighted by Crippen LogP contribution is -2.48. The van der Waals surface area contributed by atoms with Crippen LogP contribution in [-0.2, 0) is 0 Å². The molecule has 3 atom stereocenters. The van der Waals surface area contributed by atoms with Crippen LogP contribution in [0.1, 0.15) is 39.0 Å². The van der Waals surface area contributed by atoms with Crippen LogP contribution in [0.3, 0.4) is 0 Å². The number of hydrogen-bond acceptors (Lipinski definition) is 3. The minimum absolute atomic E-state index is 0.748. The van der Waals surface area contributed by atoms with E-state index in [-0.39, 0.29) is 0 Å². The molecule has 0 amide bonds. The van der Waals surface area contributed by atoms with Gasteiger partial charge >= 0.3 is 0 Å². The third kappa shape index (κ3) is 3.38. The van der Waals surface area contributed by atoms with Crippen molar-refractivity contribution in [2.45, 2.75) is 56.4 Å². The van der Waals surface area contributed by atoms with Crippen LogP contribution in [-0.4, -0.2) is 48.1 Å². The Labute approximate surface area is 105 Å². The van der Waals surface area contributed by atoms with Crippen molar-refractivity contribution in [2.75, 3.05) is 25.9 Å². The van der Waals surface area contributed by atoms with Gasteiger partial charge in [-0.1, -0.05) is 13.3 Å². The molecule has 16 heavy (non-hydrogen) atoms. The predicted octanol–water partition coefficient (Wildman–Crippen LogP) is 2.34. The number of rotatable bonds is 3. The van der Waals surface area contributed by atoms with Crippen molar-refractivity contribution in [2.24, 2.45) is 0 Å². The highest BCUT2D eigenvalue weighted by atomic mass is 32.2. The summed E-state index contributed by atoms with van der Waals surface area (Å²) in [7, 11) is 2.32. The van der Waals surface area contributed by atoms with Gasteiger partial charge in [0.15, 0.2) is 0 Å². The Morgan fingerprint density at radius 2 is 2.12 bits per heavy atom. The summed E-state index contributed by atoms with van der Waals surface area (Å²) in [4.78, 5) is 2.61. The zero-order chi connectivity index (χ0) is 11.4. The van der Waals surface area contributed by atoms with E-state index in [1.165, 1.54) is 50.9 Å². The molecule has 2 aliphatic rings. The van der Waals surface area contributed by atoms with Crippen LogP contribution in [0, 0.1) is 0 Å². The third-order valence-corrected chi connectivity index (χ3v) is 5.42. The van der Waals surface area contributed by atoms with Gasteiger partial charge in [-0.2, -0.15) is 11.8 Å². The van der Waals surface area contributed by atoms with Crippen molar-refractivity contribution in [3.05, 3.63) is 0 Å². The summed E-state index contributed by atoms with van der Waals surface area (Å²) in [6, 6.07) is 1.56. The Morgan fingerprint density at radius 1 is 1.25 bits per heavy atom. The van der Waals surface area contributed by atoms with Crippen LogP contribution in [0.15, 0.2) is 0 Å². The van der Waals surface area contributed by atoms with Gasteiger partial charge in [-0.05, 0) is 45.0 Å². The second-order valence-electron chi connectivity index (χ2n) is 5.37. The molecule has 0 bridgehead atoms. The zero-order valence-corrected chi connectivity index (χ0v) is 11.6. The van der Waals surface area contributed by atoms with Crippen LogP contribution >= 0.6 is 11.8 Å². The van der Waals surface area contributed by atoms with E-state index in [1.807, 2.05) is 0 Å². The first-order chi connectivity index (χ1) is 7.77. The second-order valence-corrected chi connectivity index (χ2v) is 6.86. The minimum atomic E-state index is 0.748. The molecule has 0 aromatic heterocycles. The predicted molar refractivity (Wildman–Crippen MR) is 73.2 cm³/mol. The van der Waals surface area contributed by atoms with Gasteiger partial charge in [0.2, 0.25) is 0 Å². The maximum atomic E-state index is 3.66. The SMILES string of the molecule is CC1SCCCC1N(C)CC1CCCCN1. The van der Waals surface area contributed by atoms with Gasteiger partial charge in [-0.15, -0.1) is 0 Å². The molecule has 1 N–H and O–H groups in total.